The van der Waals surface area contributed by atoms with Crippen molar-refractivity contribution in [3.8, 4) is 5.75 Å². The number of aryl methyl sites for hydroxylation is 1. The van der Waals surface area contributed by atoms with E-state index < -0.39 is 6.04 Å². The molecule has 37 heavy (non-hydrogen) atoms. The van der Waals surface area contributed by atoms with Gasteiger partial charge in [0.25, 0.3) is 5.91 Å². The predicted octanol–water partition coefficient (Wildman–Crippen LogP) is 6.07. The van der Waals surface area contributed by atoms with Crippen molar-refractivity contribution < 1.29 is 14.3 Å². The number of benzene rings is 3. The van der Waals surface area contributed by atoms with E-state index in [0.29, 0.717) is 18.7 Å². The van der Waals surface area contributed by atoms with Gasteiger partial charge >= 0.3 is 0 Å². The van der Waals surface area contributed by atoms with Gasteiger partial charge in [0, 0.05) is 22.6 Å². The molecule has 194 valence electrons. The summed E-state index contributed by atoms with van der Waals surface area (Å²) in [4.78, 5) is 29.2. The minimum absolute atomic E-state index is 0.0916. The first kappa shape index (κ1) is 27.2. The van der Waals surface area contributed by atoms with E-state index in [2.05, 4.69) is 34.0 Å². The van der Waals surface area contributed by atoms with Crippen molar-refractivity contribution in [2.75, 3.05) is 6.61 Å². The summed E-state index contributed by atoms with van der Waals surface area (Å²) < 4.78 is 6.97. The molecule has 3 aromatic carbocycles. The number of hydrogen-bond donors (Lipinski definition) is 1. The zero-order chi connectivity index (χ0) is 26.0. The molecule has 1 atom stereocenters. The summed E-state index contributed by atoms with van der Waals surface area (Å²) in [6.45, 7) is 2.24. The lowest BCUT2D eigenvalue weighted by atomic mass is 9.94. The number of nitrogens with one attached hydrogen (secondary N) is 1. The Kier molecular flexibility index (Phi) is 9.99. The predicted molar refractivity (Wildman–Crippen MR) is 155 cm³/mol. The molecule has 0 saturated heterocycles. The third kappa shape index (κ3) is 8.32. The topological polar surface area (TPSA) is 58.6 Å². The SMILES string of the molecule is Cc1cccc(CN(C(=O)COc2ccc(I)cc2)C(Cc2ccccc2)C(=O)NC2CCCCC2)c1. The molecule has 3 aromatic rings. The number of carbonyl (C=O) groups excluding carboxylic acids is 2. The van der Waals surface area contributed by atoms with Crippen LogP contribution < -0.4 is 10.1 Å². The van der Waals surface area contributed by atoms with Crippen LogP contribution in [0.1, 0.15) is 48.8 Å². The molecule has 0 aliphatic heterocycles. The van der Waals surface area contributed by atoms with E-state index in [0.717, 1.165) is 45.9 Å². The number of halogens is 1. The standard InChI is InChI=1S/C31H35IN2O3/c1-23-9-8-12-25(19-23)21-34(30(35)22-37-28-17-15-26(32)16-18-28)29(20-24-10-4-2-5-11-24)31(36)33-27-13-6-3-7-14-27/h2,4-5,8-12,15-19,27,29H,3,6-7,13-14,20-22H2,1H3,(H,33,36). The Morgan fingerprint density at radius 2 is 1.65 bits per heavy atom. The van der Waals surface area contributed by atoms with Gasteiger partial charge in [0.1, 0.15) is 11.8 Å². The number of amides is 2. The molecule has 0 aromatic heterocycles. The maximum atomic E-state index is 13.8. The Labute approximate surface area is 233 Å². The lowest BCUT2D eigenvalue weighted by Crippen LogP contribution is -2.53. The van der Waals surface area contributed by atoms with Crippen molar-refractivity contribution in [3.63, 3.8) is 0 Å². The van der Waals surface area contributed by atoms with Crippen molar-refractivity contribution in [2.45, 2.75) is 64.1 Å². The normalized spacial score (nSPS) is 14.5. The number of carbonyl (C=O) groups is 2. The van der Waals surface area contributed by atoms with Crippen LogP contribution in [0.25, 0.3) is 0 Å². The van der Waals surface area contributed by atoms with Crippen LogP contribution in [0, 0.1) is 10.5 Å². The summed E-state index contributed by atoms with van der Waals surface area (Å²) in [6, 6.07) is 25.2. The Hall–Kier alpha value is -2.87. The van der Waals surface area contributed by atoms with E-state index in [4.69, 9.17) is 4.74 Å². The summed E-state index contributed by atoms with van der Waals surface area (Å²) in [5.74, 6) is 0.335. The molecule has 1 aliphatic rings. The Bertz CT molecular complexity index is 1160. The van der Waals surface area contributed by atoms with Crippen molar-refractivity contribution in [3.05, 3.63) is 99.1 Å². The quantitative estimate of drug-likeness (QED) is 0.284. The summed E-state index contributed by atoms with van der Waals surface area (Å²) in [5, 5.41) is 3.28. The second kappa shape index (κ2) is 13.6. The second-order valence-electron chi connectivity index (χ2n) is 9.80. The molecule has 1 N–H and O–H groups in total. The van der Waals surface area contributed by atoms with Crippen LogP contribution >= 0.6 is 22.6 Å². The van der Waals surface area contributed by atoms with Gasteiger partial charge in [-0.25, -0.2) is 0 Å². The molecule has 0 heterocycles. The molecular formula is C31H35IN2O3. The summed E-state index contributed by atoms with van der Waals surface area (Å²) in [5.41, 5.74) is 3.13. The first-order chi connectivity index (χ1) is 18.0. The van der Waals surface area contributed by atoms with Gasteiger partial charge in [0.2, 0.25) is 5.91 Å². The van der Waals surface area contributed by atoms with E-state index >= 15 is 0 Å². The molecule has 6 heteroatoms. The Balaban J connectivity index is 1.60. The van der Waals surface area contributed by atoms with Gasteiger partial charge in [-0.15, -0.1) is 0 Å². The number of rotatable bonds is 10. The van der Waals surface area contributed by atoms with Crippen LogP contribution in [0.15, 0.2) is 78.9 Å². The van der Waals surface area contributed by atoms with E-state index in [-0.39, 0.29) is 24.5 Å². The van der Waals surface area contributed by atoms with Gasteiger partial charge in [-0.1, -0.05) is 79.4 Å². The lowest BCUT2D eigenvalue weighted by molar-refractivity contribution is -0.143. The van der Waals surface area contributed by atoms with Crippen LogP contribution in [0.2, 0.25) is 0 Å². The van der Waals surface area contributed by atoms with Crippen LogP contribution in [0.3, 0.4) is 0 Å². The van der Waals surface area contributed by atoms with Crippen molar-refractivity contribution in [1.82, 2.24) is 10.2 Å². The number of ether oxygens (including phenoxy) is 1. The monoisotopic (exact) mass is 610 g/mol. The van der Waals surface area contributed by atoms with Crippen LogP contribution in [0.4, 0.5) is 0 Å². The van der Waals surface area contributed by atoms with Gasteiger partial charge in [-0.05, 0) is 77.7 Å². The van der Waals surface area contributed by atoms with Gasteiger partial charge in [0.05, 0.1) is 0 Å². The highest BCUT2D eigenvalue weighted by Crippen LogP contribution is 2.21. The zero-order valence-corrected chi connectivity index (χ0v) is 23.5. The summed E-state index contributed by atoms with van der Waals surface area (Å²) in [6.07, 6.45) is 5.90. The van der Waals surface area contributed by atoms with E-state index in [1.54, 1.807) is 4.90 Å². The van der Waals surface area contributed by atoms with Crippen LogP contribution in [-0.4, -0.2) is 35.4 Å². The maximum Gasteiger partial charge on any atom is 0.261 e. The fraction of sp³-hybridized carbons (Fsp3) is 0.355. The number of hydrogen-bond acceptors (Lipinski definition) is 3. The average molecular weight is 611 g/mol. The van der Waals surface area contributed by atoms with E-state index in [9.17, 15) is 9.59 Å². The fourth-order valence-corrected chi connectivity index (χ4v) is 5.22. The number of nitrogens with zero attached hydrogens (tertiary/aromatic N) is 1. The van der Waals surface area contributed by atoms with Gasteiger partial charge < -0.3 is 15.0 Å². The molecule has 1 unspecified atom stereocenters. The van der Waals surface area contributed by atoms with Crippen LogP contribution in [0.5, 0.6) is 5.75 Å². The minimum atomic E-state index is -0.641. The van der Waals surface area contributed by atoms with Crippen molar-refractivity contribution in [2.24, 2.45) is 0 Å². The third-order valence-electron chi connectivity index (χ3n) is 6.83. The molecule has 0 bridgehead atoms. The molecule has 4 rings (SSSR count). The Morgan fingerprint density at radius 3 is 2.35 bits per heavy atom. The van der Waals surface area contributed by atoms with Crippen molar-refractivity contribution >= 4 is 34.4 Å². The minimum Gasteiger partial charge on any atom is -0.484 e. The largest absolute Gasteiger partial charge is 0.484 e. The molecule has 2 amide bonds. The van der Waals surface area contributed by atoms with Gasteiger partial charge in [-0.2, -0.15) is 0 Å². The smallest absolute Gasteiger partial charge is 0.261 e. The average Bonchev–Trinajstić information content (AvgIpc) is 2.91. The highest BCUT2D eigenvalue weighted by molar-refractivity contribution is 14.1. The molecule has 1 fully saturated rings. The first-order valence-corrected chi connectivity index (χ1v) is 14.1. The van der Waals surface area contributed by atoms with Crippen LogP contribution in [-0.2, 0) is 22.6 Å². The van der Waals surface area contributed by atoms with Gasteiger partial charge in [0.15, 0.2) is 6.61 Å². The fourth-order valence-electron chi connectivity index (χ4n) is 4.86. The second-order valence-corrected chi connectivity index (χ2v) is 11.0. The molecule has 5 nitrogen and oxygen atoms in total. The molecule has 0 radical (unpaired) electrons. The highest BCUT2D eigenvalue weighted by atomic mass is 127. The molecular weight excluding hydrogens is 575 g/mol. The zero-order valence-electron chi connectivity index (χ0n) is 21.4. The third-order valence-corrected chi connectivity index (χ3v) is 7.55. The lowest BCUT2D eigenvalue weighted by Gasteiger charge is -2.33. The van der Waals surface area contributed by atoms with E-state index in [1.165, 1.54) is 6.42 Å². The summed E-state index contributed by atoms with van der Waals surface area (Å²) in [7, 11) is 0. The molecule has 1 saturated carbocycles. The van der Waals surface area contributed by atoms with E-state index in [1.807, 2.05) is 79.7 Å². The first-order valence-electron chi connectivity index (χ1n) is 13.1. The molecule has 0 spiro atoms. The summed E-state index contributed by atoms with van der Waals surface area (Å²) >= 11 is 2.24. The molecule has 1 aliphatic carbocycles. The highest BCUT2D eigenvalue weighted by Gasteiger charge is 2.32. The van der Waals surface area contributed by atoms with Gasteiger partial charge in [-0.3, -0.25) is 9.59 Å². The maximum absolute atomic E-state index is 13.8. The Morgan fingerprint density at radius 1 is 0.946 bits per heavy atom. The van der Waals surface area contributed by atoms with Crippen molar-refractivity contribution in [1.29, 1.82) is 0 Å².